The average Bonchev–Trinajstić information content (AvgIpc) is 2.97. The molecule has 88 valence electrons. The number of hydrogen-bond acceptors (Lipinski definition) is 4. The zero-order chi connectivity index (χ0) is 11.7. The van der Waals surface area contributed by atoms with Gasteiger partial charge in [0, 0.05) is 28.3 Å². The molecule has 0 N–H and O–H groups in total. The van der Waals surface area contributed by atoms with Gasteiger partial charge in [-0.1, -0.05) is 0 Å². The number of aromatic nitrogens is 1. The summed E-state index contributed by atoms with van der Waals surface area (Å²) in [5, 5.41) is 2.11. The molecule has 1 atom stereocenters. The fourth-order valence-corrected chi connectivity index (χ4v) is 4.04. The number of hydrogen-bond donors (Lipinski definition) is 0. The molecule has 0 saturated heterocycles. The molecule has 0 saturated carbocycles. The van der Waals surface area contributed by atoms with Crippen molar-refractivity contribution in [3.63, 3.8) is 0 Å². The summed E-state index contributed by atoms with van der Waals surface area (Å²) in [6.07, 6.45) is 5.66. The van der Waals surface area contributed by atoms with Gasteiger partial charge in [-0.05, 0) is 36.3 Å². The number of fused-ring (bicyclic) bond motifs is 1. The van der Waals surface area contributed by atoms with Gasteiger partial charge in [0.05, 0.1) is 5.51 Å². The standard InChI is InChI=1S/C13H13NOS2/c15-12(6-9-7-14-8-17-9)10-2-1-3-13-11(10)4-5-16-13/h4-5,7-8,10H,1-3,6H2. The van der Waals surface area contributed by atoms with E-state index in [0.717, 1.165) is 24.1 Å². The first-order chi connectivity index (χ1) is 8.34. The summed E-state index contributed by atoms with van der Waals surface area (Å²) >= 11 is 3.36. The van der Waals surface area contributed by atoms with Crippen LogP contribution in [0.5, 0.6) is 0 Å². The van der Waals surface area contributed by atoms with Crippen LogP contribution < -0.4 is 0 Å². The Morgan fingerprint density at radius 1 is 1.47 bits per heavy atom. The summed E-state index contributed by atoms with van der Waals surface area (Å²) < 4.78 is 0. The Hall–Kier alpha value is -1.00. The van der Waals surface area contributed by atoms with Gasteiger partial charge in [0.1, 0.15) is 5.78 Å². The molecule has 0 spiro atoms. The van der Waals surface area contributed by atoms with Crippen molar-refractivity contribution in [1.29, 1.82) is 0 Å². The van der Waals surface area contributed by atoms with Crippen LogP contribution in [0.4, 0.5) is 0 Å². The highest BCUT2D eigenvalue weighted by Crippen LogP contribution is 2.36. The quantitative estimate of drug-likeness (QED) is 0.849. The van der Waals surface area contributed by atoms with E-state index in [9.17, 15) is 4.79 Å². The second kappa shape index (κ2) is 4.70. The van der Waals surface area contributed by atoms with E-state index in [-0.39, 0.29) is 5.92 Å². The van der Waals surface area contributed by atoms with Gasteiger partial charge in [0.25, 0.3) is 0 Å². The van der Waals surface area contributed by atoms with Crippen LogP contribution in [-0.2, 0) is 17.6 Å². The number of thiazole rings is 1. The van der Waals surface area contributed by atoms with Crippen molar-refractivity contribution in [3.8, 4) is 0 Å². The number of rotatable bonds is 3. The minimum Gasteiger partial charge on any atom is -0.299 e. The number of Topliss-reactive ketones (excluding diaryl/α,β-unsaturated/α-hetero) is 1. The molecule has 2 aromatic heterocycles. The summed E-state index contributed by atoms with van der Waals surface area (Å²) in [6, 6.07) is 2.13. The molecule has 0 aromatic carbocycles. The maximum absolute atomic E-state index is 12.3. The molecule has 1 aliphatic carbocycles. The third kappa shape index (κ3) is 2.19. The van der Waals surface area contributed by atoms with E-state index in [1.54, 1.807) is 34.4 Å². The number of nitrogens with zero attached hydrogens (tertiary/aromatic N) is 1. The van der Waals surface area contributed by atoms with Gasteiger partial charge in [0.15, 0.2) is 0 Å². The summed E-state index contributed by atoms with van der Waals surface area (Å²) in [6.45, 7) is 0. The van der Waals surface area contributed by atoms with E-state index in [1.165, 1.54) is 10.4 Å². The molecule has 0 radical (unpaired) electrons. The van der Waals surface area contributed by atoms with Crippen LogP contribution in [0.15, 0.2) is 23.2 Å². The number of ketones is 1. The normalized spacial score (nSPS) is 18.9. The van der Waals surface area contributed by atoms with E-state index < -0.39 is 0 Å². The van der Waals surface area contributed by atoms with Crippen molar-refractivity contribution in [2.75, 3.05) is 0 Å². The molecule has 0 amide bonds. The molecule has 2 nitrogen and oxygen atoms in total. The Kier molecular flexibility index (Phi) is 3.07. The van der Waals surface area contributed by atoms with Crippen molar-refractivity contribution in [2.24, 2.45) is 0 Å². The Morgan fingerprint density at radius 2 is 2.41 bits per heavy atom. The first-order valence-electron chi connectivity index (χ1n) is 5.81. The molecular formula is C13H13NOS2. The number of carbonyl (C=O) groups is 1. The van der Waals surface area contributed by atoms with Crippen LogP contribution >= 0.6 is 22.7 Å². The Labute approximate surface area is 108 Å². The van der Waals surface area contributed by atoms with Crippen molar-refractivity contribution in [3.05, 3.63) is 38.5 Å². The maximum Gasteiger partial charge on any atom is 0.145 e. The minimum atomic E-state index is 0.132. The molecule has 17 heavy (non-hydrogen) atoms. The van der Waals surface area contributed by atoms with Gasteiger partial charge in [-0.3, -0.25) is 9.78 Å². The van der Waals surface area contributed by atoms with Crippen LogP contribution in [0.2, 0.25) is 0 Å². The molecule has 3 rings (SSSR count). The Balaban J connectivity index is 1.80. The maximum atomic E-state index is 12.3. The lowest BCUT2D eigenvalue weighted by molar-refractivity contribution is -0.120. The monoisotopic (exact) mass is 263 g/mol. The summed E-state index contributed by atoms with van der Waals surface area (Å²) in [4.78, 5) is 18.8. The van der Waals surface area contributed by atoms with Crippen molar-refractivity contribution >= 4 is 28.5 Å². The van der Waals surface area contributed by atoms with Crippen LogP contribution in [0.1, 0.15) is 34.1 Å². The molecule has 2 heterocycles. The van der Waals surface area contributed by atoms with E-state index in [4.69, 9.17) is 0 Å². The van der Waals surface area contributed by atoms with Gasteiger partial charge >= 0.3 is 0 Å². The molecule has 0 aliphatic heterocycles. The second-order valence-electron chi connectivity index (χ2n) is 4.35. The van der Waals surface area contributed by atoms with Crippen molar-refractivity contribution in [2.45, 2.75) is 31.6 Å². The fourth-order valence-electron chi connectivity index (χ4n) is 2.45. The average molecular weight is 263 g/mol. The zero-order valence-electron chi connectivity index (χ0n) is 9.39. The van der Waals surface area contributed by atoms with Gasteiger partial charge in [-0.25, -0.2) is 0 Å². The van der Waals surface area contributed by atoms with E-state index in [0.29, 0.717) is 12.2 Å². The minimum absolute atomic E-state index is 0.132. The van der Waals surface area contributed by atoms with Crippen LogP contribution in [0, 0.1) is 0 Å². The summed E-state index contributed by atoms with van der Waals surface area (Å²) in [5.74, 6) is 0.487. The number of aryl methyl sites for hydroxylation is 1. The third-order valence-electron chi connectivity index (χ3n) is 3.27. The fraction of sp³-hybridized carbons (Fsp3) is 0.385. The molecule has 0 fully saturated rings. The Bertz CT molecular complexity index is 515. The molecule has 0 bridgehead atoms. The summed E-state index contributed by atoms with van der Waals surface area (Å²) in [7, 11) is 0. The molecule has 2 aromatic rings. The van der Waals surface area contributed by atoms with E-state index >= 15 is 0 Å². The molecular weight excluding hydrogens is 250 g/mol. The first-order valence-corrected chi connectivity index (χ1v) is 7.57. The zero-order valence-corrected chi connectivity index (χ0v) is 11.0. The highest BCUT2D eigenvalue weighted by molar-refractivity contribution is 7.10. The third-order valence-corrected chi connectivity index (χ3v) is 5.05. The second-order valence-corrected chi connectivity index (χ2v) is 6.33. The van der Waals surface area contributed by atoms with Crippen molar-refractivity contribution < 1.29 is 4.79 Å². The van der Waals surface area contributed by atoms with Gasteiger partial charge < -0.3 is 0 Å². The van der Waals surface area contributed by atoms with Crippen LogP contribution in [-0.4, -0.2) is 10.8 Å². The van der Waals surface area contributed by atoms with Crippen molar-refractivity contribution in [1.82, 2.24) is 4.98 Å². The molecule has 1 unspecified atom stereocenters. The van der Waals surface area contributed by atoms with Gasteiger partial charge in [-0.15, -0.1) is 22.7 Å². The van der Waals surface area contributed by atoms with E-state index in [1.807, 2.05) is 0 Å². The highest BCUT2D eigenvalue weighted by Gasteiger charge is 2.27. The molecule has 1 aliphatic rings. The van der Waals surface area contributed by atoms with Crippen LogP contribution in [0.25, 0.3) is 0 Å². The SMILES string of the molecule is O=C(Cc1cncs1)C1CCCc2sccc21. The smallest absolute Gasteiger partial charge is 0.145 e. The Morgan fingerprint density at radius 3 is 3.24 bits per heavy atom. The lowest BCUT2D eigenvalue weighted by Gasteiger charge is -2.21. The predicted molar refractivity (Wildman–Crippen MR) is 70.8 cm³/mol. The predicted octanol–water partition coefficient (Wildman–Crippen LogP) is 3.44. The largest absolute Gasteiger partial charge is 0.299 e. The lowest BCUT2D eigenvalue weighted by Crippen LogP contribution is -2.18. The lowest BCUT2D eigenvalue weighted by atomic mass is 9.84. The first kappa shape index (κ1) is 11.1. The van der Waals surface area contributed by atoms with Crippen LogP contribution in [0.3, 0.4) is 0 Å². The topological polar surface area (TPSA) is 30.0 Å². The van der Waals surface area contributed by atoms with Gasteiger partial charge in [-0.2, -0.15) is 0 Å². The van der Waals surface area contributed by atoms with Gasteiger partial charge in [0.2, 0.25) is 0 Å². The highest BCUT2D eigenvalue weighted by atomic mass is 32.1. The number of thiophene rings is 1. The summed E-state index contributed by atoms with van der Waals surface area (Å²) in [5.41, 5.74) is 3.08. The number of carbonyl (C=O) groups excluding carboxylic acids is 1. The van der Waals surface area contributed by atoms with E-state index in [2.05, 4.69) is 16.4 Å². The molecule has 4 heteroatoms.